The third-order valence-corrected chi connectivity index (χ3v) is 1.78. The Morgan fingerprint density at radius 2 is 2.20 bits per heavy atom. The van der Waals surface area contributed by atoms with Gasteiger partial charge in [-0.1, -0.05) is 25.8 Å². The summed E-state index contributed by atoms with van der Waals surface area (Å²) in [6.07, 6.45) is 3.45. The van der Waals surface area contributed by atoms with Gasteiger partial charge in [0.25, 0.3) is 0 Å². The van der Waals surface area contributed by atoms with E-state index in [2.05, 4.69) is 25.2 Å². The monoisotopic (exact) mass is 209 g/mol. The molecular formula is C8H14NRb. The summed E-state index contributed by atoms with van der Waals surface area (Å²) < 4.78 is 0. The van der Waals surface area contributed by atoms with Gasteiger partial charge in [-0.3, -0.25) is 0 Å². The van der Waals surface area contributed by atoms with Crippen molar-refractivity contribution in [3.05, 3.63) is 17.0 Å². The van der Waals surface area contributed by atoms with Gasteiger partial charge in [0.1, 0.15) is 0 Å². The molecule has 1 aliphatic rings. The van der Waals surface area contributed by atoms with E-state index in [0.717, 1.165) is 19.0 Å². The normalized spacial score (nSPS) is 18.1. The molecular weight excluding hydrogens is 196 g/mol. The summed E-state index contributed by atoms with van der Waals surface area (Å²) in [5.74, 6) is 0.737. The fraction of sp³-hybridized carbons (Fsp3) is 0.750. The number of rotatable bonds is 1. The zero-order chi connectivity index (χ0) is 6.69. The third kappa shape index (κ3) is 3.77. The van der Waals surface area contributed by atoms with Crippen molar-refractivity contribution in [3.8, 4) is 0 Å². The molecule has 0 radical (unpaired) electrons. The molecule has 0 bridgehead atoms. The molecule has 0 unspecified atom stereocenters. The van der Waals surface area contributed by atoms with Gasteiger partial charge in [0.05, 0.1) is 0 Å². The Bertz CT molecular complexity index is 118. The average Bonchev–Trinajstić information content (AvgIpc) is 1.90. The van der Waals surface area contributed by atoms with Crippen molar-refractivity contribution in [2.75, 3.05) is 13.1 Å². The van der Waals surface area contributed by atoms with Crippen LogP contribution >= 0.6 is 0 Å². The van der Waals surface area contributed by atoms with Gasteiger partial charge in [-0.05, 0) is 5.92 Å². The molecule has 0 atom stereocenters. The second kappa shape index (κ2) is 6.07. The largest absolute Gasteiger partial charge is 1.00 e. The van der Waals surface area contributed by atoms with Crippen molar-refractivity contribution in [1.82, 2.24) is 0 Å². The van der Waals surface area contributed by atoms with E-state index in [9.17, 15) is 0 Å². The topological polar surface area (TPSA) is 14.1 Å². The molecule has 0 aliphatic carbocycles. The Kier molecular flexibility index (Phi) is 6.98. The van der Waals surface area contributed by atoms with Crippen molar-refractivity contribution in [1.29, 1.82) is 0 Å². The van der Waals surface area contributed by atoms with Gasteiger partial charge in [0, 0.05) is 0 Å². The van der Waals surface area contributed by atoms with Crippen molar-refractivity contribution in [3.63, 3.8) is 0 Å². The van der Waals surface area contributed by atoms with Crippen LogP contribution in [0, 0.1) is 5.92 Å². The van der Waals surface area contributed by atoms with Gasteiger partial charge < -0.3 is 5.32 Å². The molecule has 0 saturated carbocycles. The Labute approximate surface area is 112 Å². The second-order valence-electron chi connectivity index (χ2n) is 2.81. The first-order valence-corrected chi connectivity index (χ1v) is 3.63. The van der Waals surface area contributed by atoms with Gasteiger partial charge in [0.15, 0.2) is 0 Å². The van der Waals surface area contributed by atoms with E-state index in [1.165, 1.54) is 6.42 Å². The Hall–Kier alpha value is 1.51. The molecule has 0 aromatic heterocycles. The molecule has 0 fully saturated rings. The molecule has 0 spiro atoms. The zero-order valence-electron chi connectivity index (χ0n) is 7.22. The van der Waals surface area contributed by atoms with Crippen molar-refractivity contribution in [2.45, 2.75) is 20.3 Å². The SMILES string of the molecule is CC(C)C1=CC[N-]CC1.[Rb+]. The molecule has 0 saturated heterocycles. The fourth-order valence-corrected chi connectivity index (χ4v) is 1.11. The van der Waals surface area contributed by atoms with Crippen LogP contribution in [0.1, 0.15) is 20.3 Å². The predicted molar refractivity (Wildman–Crippen MR) is 40.6 cm³/mol. The van der Waals surface area contributed by atoms with Crippen molar-refractivity contribution < 1.29 is 58.2 Å². The maximum atomic E-state index is 4.23. The van der Waals surface area contributed by atoms with E-state index in [0.29, 0.717) is 0 Å². The number of hydrogen-bond acceptors (Lipinski definition) is 0. The second-order valence-corrected chi connectivity index (χ2v) is 2.81. The summed E-state index contributed by atoms with van der Waals surface area (Å²) in [5, 5.41) is 4.23. The maximum Gasteiger partial charge on any atom is 1.00 e. The molecule has 1 rings (SSSR count). The molecule has 10 heavy (non-hydrogen) atoms. The molecule has 0 N–H and O–H groups in total. The smallest absolute Gasteiger partial charge is 0.659 e. The third-order valence-electron chi connectivity index (χ3n) is 1.78. The Morgan fingerprint density at radius 3 is 2.50 bits per heavy atom. The minimum absolute atomic E-state index is 0. The standard InChI is InChI=1S/C8H14N.Rb/c1-7(2)8-3-5-9-6-4-8;/h3,7H,4-6H2,1-2H3;/q-1;+1. The minimum Gasteiger partial charge on any atom is -0.659 e. The average molecular weight is 210 g/mol. The summed E-state index contributed by atoms with van der Waals surface area (Å²) in [5.41, 5.74) is 1.59. The van der Waals surface area contributed by atoms with Gasteiger partial charge in [-0.15, -0.1) is 19.2 Å². The van der Waals surface area contributed by atoms with Crippen molar-refractivity contribution >= 4 is 0 Å². The Balaban J connectivity index is 0.000000810. The molecule has 0 aromatic carbocycles. The first-order chi connectivity index (χ1) is 4.30. The molecule has 1 nitrogen and oxygen atoms in total. The van der Waals surface area contributed by atoms with E-state index < -0.39 is 0 Å². The van der Waals surface area contributed by atoms with Gasteiger partial charge in [-0.25, -0.2) is 0 Å². The van der Waals surface area contributed by atoms with Crippen LogP contribution in [0.3, 0.4) is 0 Å². The van der Waals surface area contributed by atoms with Gasteiger partial charge in [0.2, 0.25) is 0 Å². The summed E-state index contributed by atoms with van der Waals surface area (Å²) in [6.45, 7) is 6.49. The van der Waals surface area contributed by atoms with Crippen LogP contribution in [0.2, 0.25) is 0 Å². The maximum absolute atomic E-state index is 4.23. The van der Waals surface area contributed by atoms with E-state index in [1.54, 1.807) is 5.57 Å². The van der Waals surface area contributed by atoms with Crippen LogP contribution in [0.5, 0.6) is 0 Å². The summed E-state index contributed by atoms with van der Waals surface area (Å²) in [6, 6.07) is 0. The minimum atomic E-state index is 0. The van der Waals surface area contributed by atoms with Gasteiger partial charge >= 0.3 is 58.2 Å². The predicted octanol–water partition coefficient (Wildman–Crippen LogP) is -0.650. The summed E-state index contributed by atoms with van der Waals surface area (Å²) >= 11 is 0. The molecule has 0 aromatic rings. The van der Waals surface area contributed by atoms with E-state index in [4.69, 9.17) is 0 Å². The molecule has 0 amide bonds. The fourth-order valence-electron chi connectivity index (χ4n) is 1.11. The zero-order valence-corrected chi connectivity index (χ0v) is 12.1. The van der Waals surface area contributed by atoms with Crippen LogP contribution < -0.4 is 58.2 Å². The molecule has 2 heteroatoms. The van der Waals surface area contributed by atoms with E-state index in [-0.39, 0.29) is 58.2 Å². The van der Waals surface area contributed by atoms with E-state index >= 15 is 0 Å². The van der Waals surface area contributed by atoms with Crippen LogP contribution in [0.15, 0.2) is 11.6 Å². The van der Waals surface area contributed by atoms with Crippen molar-refractivity contribution in [2.24, 2.45) is 5.92 Å². The number of nitrogens with zero attached hydrogens (tertiary/aromatic N) is 1. The Morgan fingerprint density at radius 1 is 1.50 bits per heavy atom. The first-order valence-electron chi connectivity index (χ1n) is 3.63. The molecule has 1 heterocycles. The summed E-state index contributed by atoms with van der Waals surface area (Å²) in [7, 11) is 0. The van der Waals surface area contributed by atoms with Crippen LogP contribution in [-0.4, -0.2) is 13.1 Å². The molecule has 52 valence electrons. The van der Waals surface area contributed by atoms with Crippen LogP contribution in [0.25, 0.3) is 5.32 Å². The van der Waals surface area contributed by atoms with Crippen LogP contribution in [-0.2, 0) is 0 Å². The molecule has 1 aliphatic heterocycles. The quantitative estimate of drug-likeness (QED) is 0.510. The van der Waals surface area contributed by atoms with E-state index in [1.807, 2.05) is 0 Å². The number of hydrogen-bond donors (Lipinski definition) is 0. The van der Waals surface area contributed by atoms with Gasteiger partial charge in [-0.2, -0.15) is 0 Å². The first kappa shape index (κ1) is 11.5. The summed E-state index contributed by atoms with van der Waals surface area (Å²) in [4.78, 5) is 0. The van der Waals surface area contributed by atoms with Crippen LogP contribution in [0.4, 0.5) is 0 Å².